The summed E-state index contributed by atoms with van der Waals surface area (Å²) in [4.78, 5) is 15.9. The molecular weight excluding hydrogens is 274 g/mol. The van der Waals surface area contributed by atoms with Gasteiger partial charge in [-0.3, -0.25) is 4.79 Å². The fraction of sp³-hybridized carbons (Fsp3) is 0.111. The Hall–Kier alpha value is -2.88. The molecule has 1 amide bonds. The third-order valence-corrected chi connectivity index (χ3v) is 3.47. The predicted octanol–water partition coefficient (Wildman–Crippen LogP) is 3.90. The van der Waals surface area contributed by atoms with Crippen LogP contribution in [0, 0.1) is 0 Å². The van der Waals surface area contributed by atoms with E-state index in [1.165, 1.54) is 6.92 Å². The maximum Gasteiger partial charge on any atom is 0.221 e. The van der Waals surface area contributed by atoms with Gasteiger partial charge in [0.25, 0.3) is 0 Å². The maximum absolute atomic E-state index is 11.2. The van der Waals surface area contributed by atoms with Gasteiger partial charge in [-0.1, -0.05) is 30.3 Å². The Morgan fingerprint density at radius 2 is 1.82 bits per heavy atom. The van der Waals surface area contributed by atoms with Gasteiger partial charge in [0, 0.05) is 36.3 Å². The highest BCUT2D eigenvalue weighted by atomic mass is 16.1. The van der Waals surface area contributed by atoms with Gasteiger partial charge in [-0.2, -0.15) is 0 Å². The third kappa shape index (κ3) is 2.76. The van der Waals surface area contributed by atoms with Crippen LogP contribution in [0.15, 0.2) is 54.6 Å². The van der Waals surface area contributed by atoms with Gasteiger partial charge >= 0.3 is 0 Å². The van der Waals surface area contributed by atoms with Gasteiger partial charge < -0.3 is 10.6 Å². The molecule has 3 aromatic rings. The van der Waals surface area contributed by atoms with Crippen LogP contribution in [0.1, 0.15) is 6.92 Å². The molecule has 4 heteroatoms. The molecule has 110 valence electrons. The third-order valence-electron chi connectivity index (χ3n) is 3.47. The molecule has 4 nitrogen and oxygen atoms in total. The second kappa shape index (κ2) is 5.85. The second-order valence-electron chi connectivity index (χ2n) is 5.08. The zero-order chi connectivity index (χ0) is 15.5. The summed E-state index contributed by atoms with van der Waals surface area (Å²) in [6.07, 6.45) is 0. The minimum Gasteiger partial charge on any atom is -0.388 e. The Morgan fingerprint density at radius 1 is 1.05 bits per heavy atom. The average molecular weight is 291 g/mol. The Labute approximate surface area is 129 Å². The number of pyridine rings is 1. The fourth-order valence-electron chi connectivity index (χ4n) is 2.47. The lowest BCUT2D eigenvalue weighted by atomic mass is 10.1. The summed E-state index contributed by atoms with van der Waals surface area (Å²) in [5.41, 5.74) is 4.64. The van der Waals surface area contributed by atoms with Crippen molar-refractivity contribution in [1.29, 1.82) is 0 Å². The summed E-state index contributed by atoms with van der Waals surface area (Å²) < 4.78 is 0. The van der Waals surface area contributed by atoms with Gasteiger partial charge in [0.15, 0.2) is 0 Å². The normalized spacial score (nSPS) is 10.5. The number of amides is 1. The molecule has 0 aliphatic rings. The van der Waals surface area contributed by atoms with E-state index in [0.717, 1.165) is 33.5 Å². The van der Waals surface area contributed by atoms with Crippen molar-refractivity contribution in [1.82, 2.24) is 4.98 Å². The molecule has 2 aromatic carbocycles. The minimum atomic E-state index is -0.0841. The average Bonchev–Trinajstić information content (AvgIpc) is 2.54. The van der Waals surface area contributed by atoms with E-state index in [0.29, 0.717) is 0 Å². The van der Waals surface area contributed by atoms with Crippen LogP contribution in [0.25, 0.3) is 22.2 Å². The quantitative estimate of drug-likeness (QED) is 0.769. The molecule has 22 heavy (non-hydrogen) atoms. The maximum atomic E-state index is 11.2. The molecule has 2 N–H and O–H groups in total. The van der Waals surface area contributed by atoms with E-state index in [1.807, 2.05) is 61.6 Å². The summed E-state index contributed by atoms with van der Waals surface area (Å²) in [5.74, 6) is -0.0841. The van der Waals surface area contributed by atoms with Crippen molar-refractivity contribution in [2.45, 2.75) is 6.92 Å². The number of anilines is 2. The number of nitrogens with one attached hydrogen (secondary N) is 2. The Bertz CT molecular complexity index is 828. The summed E-state index contributed by atoms with van der Waals surface area (Å²) in [7, 11) is 1.88. The van der Waals surface area contributed by atoms with Crippen LogP contribution in [0.4, 0.5) is 11.4 Å². The van der Waals surface area contributed by atoms with Crippen LogP contribution in [0.2, 0.25) is 0 Å². The molecular formula is C18H17N3O. The largest absolute Gasteiger partial charge is 0.388 e. The molecule has 0 fully saturated rings. The summed E-state index contributed by atoms with van der Waals surface area (Å²) in [5, 5.41) is 6.99. The van der Waals surface area contributed by atoms with Gasteiger partial charge in [0.05, 0.1) is 11.2 Å². The SMILES string of the molecule is CNc1cc(-c2ccccc2)nc2ccc(NC(C)=O)cc12. The first-order valence-corrected chi connectivity index (χ1v) is 7.13. The number of hydrogen-bond acceptors (Lipinski definition) is 3. The van der Waals surface area contributed by atoms with E-state index in [2.05, 4.69) is 10.6 Å². The van der Waals surface area contributed by atoms with Gasteiger partial charge in [0.2, 0.25) is 5.91 Å². The van der Waals surface area contributed by atoms with E-state index in [1.54, 1.807) is 0 Å². The number of benzene rings is 2. The Balaban J connectivity index is 2.15. The molecule has 0 bridgehead atoms. The summed E-state index contributed by atoms with van der Waals surface area (Å²) in [6.45, 7) is 1.50. The van der Waals surface area contributed by atoms with Gasteiger partial charge in [-0.05, 0) is 24.3 Å². The van der Waals surface area contributed by atoms with Crippen LogP contribution < -0.4 is 10.6 Å². The van der Waals surface area contributed by atoms with Crippen LogP contribution in [-0.4, -0.2) is 17.9 Å². The van der Waals surface area contributed by atoms with Crippen molar-refractivity contribution in [3.05, 3.63) is 54.6 Å². The van der Waals surface area contributed by atoms with Crippen molar-refractivity contribution in [3.63, 3.8) is 0 Å². The van der Waals surface area contributed by atoms with Gasteiger partial charge in [-0.15, -0.1) is 0 Å². The first-order chi connectivity index (χ1) is 10.7. The van der Waals surface area contributed by atoms with Gasteiger partial charge in [0.1, 0.15) is 0 Å². The molecule has 3 rings (SSSR count). The number of fused-ring (bicyclic) bond motifs is 1. The van der Waals surface area contributed by atoms with Gasteiger partial charge in [-0.25, -0.2) is 4.98 Å². The first-order valence-electron chi connectivity index (χ1n) is 7.13. The highest BCUT2D eigenvalue weighted by molar-refractivity contribution is 5.98. The van der Waals surface area contributed by atoms with Crippen LogP contribution >= 0.6 is 0 Å². The number of carbonyl (C=O) groups excluding carboxylic acids is 1. The van der Waals surface area contributed by atoms with Crippen LogP contribution in [-0.2, 0) is 4.79 Å². The predicted molar refractivity (Wildman–Crippen MR) is 91.0 cm³/mol. The van der Waals surface area contributed by atoms with Crippen molar-refractivity contribution >= 4 is 28.2 Å². The zero-order valence-electron chi connectivity index (χ0n) is 12.6. The van der Waals surface area contributed by atoms with E-state index in [-0.39, 0.29) is 5.91 Å². The monoisotopic (exact) mass is 291 g/mol. The first kappa shape index (κ1) is 14.1. The molecule has 0 spiro atoms. The van der Waals surface area contributed by atoms with Crippen molar-refractivity contribution in [3.8, 4) is 11.3 Å². The number of nitrogens with zero attached hydrogens (tertiary/aromatic N) is 1. The molecule has 0 aliphatic heterocycles. The molecule has 0 aliphatic carbocycles. The minimum absolute atomic E-state index is 0.0841. The molecule has 0 saturated carbocycles. The molecule has 0 saturated heterocycles. The molecule has 1 aromatic heterocycles. The van der Waals surface area contributed by atoms with E-state index >= 15 is 0 Å². The number of carbonyl (C=O) groups is 1. The molecule has 0 atom stereocenters. The van der Waals surface area contributed by atoms with Crippen molar-refractivity contribution in [2.75, 3.05) is 17.7 Å². The highest BCUT2D eigenvalue weighted by Crippen LogP contribution is 2.29. The number of hydrogen-bond donors (Lipinski definition) is 2. The topological polar surface area (TPSA) is 54.0 Å². The van der Waals surface area contributed by atoms with Crippen LogP contribution in [0.5, 0.6) is 0 Å². The Kier molecular flexibility index (Phi) is 3.74. The van der Waals surface area contributed by atoms with E-state index < -0.39 is 0 Å². The number of aromatic nitrogens is 1. The molecule has 1 heterocycles. The van der Waals surface area contributed by atoms with E-state index in [4.69, 9.17) is 4.98 Å². The molecule has 0 radical (unpaired) electrons. The summed E-state index contributed by atoms with van der Waals surface area (Å²) >= 11 is 0. The van der Waals surface area contributed by atoms with Crippen molar-refractivity contribution in [2.24, 2.45) is 0 Å². The molecule has 0 unspecified atom stereocenters. The smallest absolute Gasteiger partial charge is 0.221 e. The highest BCUT2D eigenvalue weighted by Gasteiger charge is 2.08. The fourth-order valence-corrected chi connectivity index (χ4v) is 2.47. The lowest BCUT2D eigenvalue weighted by Gasteiger charge is -2.11. The standard InChI is InChI=1S/C18H17N3O/c1-12(22)20-14-8-9-16-15(10-14)18(19-2)11-17(21-16)13-6-4-3-5-7-13/h3-11H,1-2H3,(H,19,21)(H,20,22). The summed E-state index contributed by atoms with van der Waals surface area (Å²) in [6, 6.07) is 17.8. The van der Waals surface area contributed by atoms with E-state index in [9.17, 15) is 4.79 Å². The zero-order valence-corrected chi connectivity index (χ0v) is 12.6. The van der Waals surface area contributed by atoms with Crippen LogP contribution in [0.3, 0.4) is 0 Å². The lowest BCUT2D eigenvalue weighted by Crippen LogP contribution is -2.05. The second-order valence-corrected chi connectivity index (χ2v) is 5.08. The number of rotatable bonds is 3. The van der Waals surface area contributed by atoms with Crippen molar-refractivity contribution < 1.29 is 4.79 Å². The Morgan fingerprint density at radius 3 is 2.50 bits per heavy atom. The lowest BCUT2D eigenvalue weighted by molar-refractivity contribution is -0.114.